The third kappa shape index (κ3) is 4.37. The number of anilines is 1. The Morgan fingerprint density at radius 3 is 2.36 bits per heavy atom. The van der Waals surface area contributed by atoms with E-state index in [1.807, 2.05) is 0 Å². The Balaban J connectivity index is 1.24. The molecule has 0 fully saturated rings. The standard InChI is InChI=1S/C50H45BN2/c1-6-7-22-42-48-51-46-37(35-20-11-16-27-43(35)52-47-32(3)49(4,5)38-23-12-10-21-36(38)47)29-31(2)30-45(46)53(48)44-28-17-15-26-41(44)50(42)39-24-13-8-18-33(39)34-19-9-14-25-40(34)50/h6-8,10-13,16-25,27-30,52H,9,14-15,26H2,1-5H3/b7-6-,42-22+. The molecule has 1 N–H and O–H groups in total. The number of allylic oxidation sites excluding steroid dienone is 13. The van der Waals surface area contributed by atoms with Gasteiger partial charge in [-0.05, 0) is 0 Å². The van der Waals surface area contributed by atoms with Gasteiger partial charge in [0.15, 0.2) is 0 Å². The molecule has 0 bridgehead atoms. The van der Waals surface area contributed by atoms with Crippen molar-refractivity contribution in [1.82, 2.24) is 4.57 Å². The van der Waals surface area contributed by atoms with Crippen molar-refractivity contribution < 1.29 is 0 Å². The maximum absolute atomic E-state index is 4.00. The fraction of sp³-hybridized carbons (Fsp3) is 0.220. The third-order valence-electron chi connectivity index (χ3n) is 12.9. The van der Waals surface area contributed by atoms with E-state index in [2.05, 4.69) is 179 Å². The van der Waals surface area contributed by atoms with Crippen molar-refractivity contribution in [3.05, 3.63) is 178 Å². The first kappa shape index (κ1) is 32.3. The summed E-state index contributed by atoms with van der Waals surface area (Å²) in [5.74, 6) is 0. The summed E-state index contributed by atoms with van der Waals surface area (Å²) in [5.41, 5.74) is 22.4. The van der Waals surface area contributed by atoms with Crippen molar-refractivity contribution in [3.63, 3.8) is 0 Å². The average Bonchev–Trinajstić information content (AvgIpc) is 3.77. The number of hydrogen-bond donors (Lipinski definition) is 1. The van der Waals surface area contributed by atoms with Crippen LogP contribution in [0.5, 0.6) is 0 Å². The second-order valence-electron chi connectivity index (χ2n) is 16.0. The summed E-state index contributed by atoms with van der Waals surface area (Å²) in [5, 5.41) is 5.28. The molecule has 1 spiro atoms. The van der Waals surface area contributed by atoms with Crippen molar-refractivity contribution >= 4 is 45.9 Å². The van der Waals surface area contributed by atoms with Crippen LogP contribution >= 0.6 is 0 Å². The third-order valence-corrected chi connectivity index (χ3v) is 12.9. The zero-order valence-electron chi connectivity index (χ0n) is 31.5. The van der Waals surface area contributed by atoms with E-state index in [-0.39, 0.29) is 10.8 Å². The summed E-state index contributed by atoms with van der Waals surface area (Å²) in [6.45, 7) is 13.9. The van der Waals surface area contributed by atoms with Gasteiger partial charge in [-0.1, -0.05) is 0 Å². The van der Waals surface area contributed by atoms with Gasteiger partial charge in [-0.25, -0.2) is 0 Å². The van der Waals surface area contributed by atoms with E-state index in [0.717, 1.165) is 31.4 Å². The Morgan fingerprint density at radius 2 is 1.53 bits per heavy atom. The number of aryl methyl sites for hydroxylation is 1. The van der Waals surface area contributed by atoms with Gasteiger partial charge in [-0.15, -0.1) is 0 Å². The van der Waals surface area contributed by atoms with Gasteiger partial charge in [0, 0.05) is 0 Å². The second-order valence-corrected chi connectivity index (χ2v) is 16.0. The van der Waals surface area contributed by atoms with E-state index < -0.39 is 0 Å². The number of para-hydroxylation sites is 1. The van der Waals surface area contributed by atoms with Gasteiger partial charge in [-0.2, -0.15) is 0 Å². The summed E-state index contributed by atoms with van der Waals surface area (Å²) in [4.78, 5) is 0. The van der Waals surface area contributed by atoms with Crippen LogP contribution in [0.1, 0.15) is 86.8 Å². The minimum absolute atomic E-state index is 0.0297. The molecule has 1 atom stereocenters. The molecule has 258 valence electrons. The minimum atomic E-state index is -0.325. The Bertz CT molecular complexity index is 2640. The van der Waals surface area contributed by atoms with Gasteiger partial charge in [0.2, 0.25) is 0 Å². The fourth-order valence-electron chi connectivity index (χ4n) is 10.3. The molecule has 4 aromatic carbocycles. The Hall–Kier alpha value is -5.41. The van der Waals surface area contributed by atoms with Crippen LogP contribution < -0.4 is 5.32 Å². The molecule has 5 aliphatic rings. The van der Waals surface area contributed by atoms with Crippen molar-refractivity contribution in [1.29, 1.82) is 0 Å². The molecule has 0 amide bonds. The second kappa shape index (κ2) is 11.8. The molecule has 1 aromatic heterocycles. The van der Waals surface area contributed by atoms with E-state index in [0.29, 0.717) is 0 Å². The number of nitrogens with zero attached hydrogens (tertiary/aromatic N) is 1. The van der Waals surface area contributed by atoms with Crippen molar-refractivity contribution in [2.45, 2.75) is 71.1 Å². The topological polar surface area (TPSA) is 17.0 Å². The van der Waals surface area contributed by atoms with Crippen LogP contribution in [0.15, 0.2) is 144 Å². The van der Waals surface area contributed by atoms with E-state index >= 15 is 0 Å². The van der Waals surface area contributed by atoms with Crippen LogP contribution in [0.25, 0.3) is 44.5 Å². The Morgan fingerprint density at radius 1 is 0.792 bits per heavy atom. The molecule has 5 aromatic rings. The van der Waals surface area contributed by atoms with Gasteiger partial charge in [-0.3, -0.25) is 0 Å². The van der Waals surface area contributed by atoms with Gasteiger partial charge >= 0.3 is 316 Å². The number of aromatic nitrogens is 1. The predicted molar refractivity (Wildman–Crippen MR) is 227 cm³/mol. The Labute approximate surface area is 314 Å². The maximum atomic E-state index is 4.00. The molecule has 4 aliphatic carbocycles. The molecule has 1 aliphatic heterocycles. The molecule has 1 unspecified atom stereocenters. The van der Waals surface area contributed by atoms with Crippen molar-refractivity contribution in [3.8, 4) is 11.1 Å². The monoisotopic (exact) mass is 684 g/mol. The molecule has 2 nitrogen and oxygen atoms in total. The van der Waals surface area contributed by atoms with Gasteiger partial charge < -0.3 is 0 Å². The van der Waals surface area contributed by atoms with E-state index in [1.165, 1.54) is 94.6 Å². The molecule has 10 rings (SSSR count). The van der Waals surface area contributed by atoms with Crippen molar-refractivity contribution in [2.24, 2.45) is 0 Å². The van der Waals surface area contributed by atoms with E-state index in [9.17, 15) is 0 Å². The molecular weight excluding hydrogens is 639 g/mol. The molecule has 3 heteroatoms. The summed E-state index contributed by atoms with van der Waals surface area (Å²) < 4.78 is 2.60. The summed E-state index contributed by atoms with van der Waals surface area (Å²) >= 11 is 0. The molecule has 0 saturated carbocycles. The molecule has 53 heavy (non-hydrogen) atoms. The van der Waals surface area contributed by atoms with E-state index in [4.69, 9.17) is 0 Å². The first-order chi connectivity index (χ1) is 25.9. The molecule has 0 radical (unpaired) electrons. The SMILES string of the molecule is C/C=C\C=C1/c2bc3c(-c4ccccc4NC4=C(C)C(C)(C)c5ccccc54)cc(C)cc3n2C2=C(CCC=C2)C12C1=CCCC=C1c1ccccc12. The number of nitrogens with one attached hydrogen (secondary N) is 1. The van der Waals surface area contributed by atoms with Gasteiger partial charge in [0.25, 0.3) is 0 Å². The van der Waals surface area contributed by atoms with E-state index in [1.54, 1.807) is 0 Å². The zero-order chi connectivity index (χ0) is 36.1. The first-order valence-corrected chi connectivity index (χ1v) is 19.4. The van der Waals surface area contributed by atoms with Crippen molar-refractivity contribution in [2.75, 3.05) is 5.32 Å². The molecule has 2 heterocycles. The summed E-state index contributed by atoms with van der Waals surface area (Å²) in [6, 6.07) is 31.8. The van der Waals surface area contributed by atoms with Crippen LogP contribution in [0.2, 0.25) is 0 Å². The summed E-state index contributed by atoms with van der Waals surface area (Å²) in [6.07, 6.45) is 21.0. The van der Waals surface area contributed by atoms with Crippen LogP contribution in [0.4, 0.5) is 5.69 Å². The number of benzene rings is 4. The van der Waals surface area contributed by atoms with Gasteiger partial charge in [0.05, 0.1) is 0 Å². The fourth-order valence-corrected chi connectivity index (χ4v) is 10.3. The zero-order valence-corrected chi connectivity index (χ0v) is 31.5. The normalized spacial score (nSPS) is 21.5. The van der Waals surface area contributed by atoms with Crippen LogP contribution in [0.3, 0.4) is 0 Å². The quantitative estimate of drug-likeness (QED) is 0.199. The molecule has 0 saturated heterocycles. The number of fused-ring (bicyclic) bond motifs is 11. The Kier molecular flexibility index (Phi) is 7.18. The van der Waals surface area contributed by atoms with Crippen LogP contribution in [-0.2, 0) is 10.8 Å². The first-order valence-electron chi connectivity index (χ1n) is 19.4. The van der Waals surface area contributed by atoms with Crippen LogP contribution in [0, 0.1) is 6.92 Å². The predicted octanol–water partition coefficient (Wildman–Crippen LogP) is 12.7. The van der Waals surface area contributed by atoms with Gasteiger partial charge in [0.1, 0.15) is 0 Å². The number of rotatable bonds is 4. The summed E-state index contributed by atoms with van der Waals surface area (Å²) in [7, 11) is 0. The molecular formula is C50H45BN2. The van der Waals surface area contributed by atoms with Crippen LogP contribution in [-0.4, -0.2) is 11.5 Å². The number of hydrogen-bond acceptors (Lipinski definition) is 1. The average molecular weight is 685 g/mol.